The van der Waals surface area contributed by atoms with Gasteiger partial charge in [-0.25, -0.2) is 4.85 Å². The average Bonchev–Trinajstić information content (AvgIpc) is 3.73. The summed E-state index contributed by atoms with van der Waals surface area (Å²) in [6.45, 7) is 7.51. The first-order chi connectivity index (χ1) is 33.2. The Labute approximate surface area is 386 Å². The minimum atomic E-state index is 0.659. The minimum absolute atomic E-state index is 0.659. The van der Waals surface area contributed by atoms with Gasteiger partial charge >= 0.3 is 0 Å². The summed E-state index contributed by atoms with van der Waals surface area (Å²) in [5, 5.41) is 19.8. The van der Waals surface area contributed by atoms with E-state index >= 15 is 0 Å². The van der Waals surface area contributed by atoms with Gasteiger partial charge in [-0.05, 0) is 157 Å². The summed E-state index contributed by atoms with van der Waals surface area (Å²) in [4.78, 5) is 3.66. The zero-order valence-electron chi connectivity index (χ0n) is 36.3. The van der Waals surface area contributed by atoms with E-state index in [2.05, 4.69) is 222 Å². The normalized spacial score (nSPS) is 11.9. The zero-order valence-corrected chi connectivity index (χ0v) is 36.3. The maximum Gasteiger partial charge on any atom is 0.187 e. The van der Waals surface area contributed by atoms with E-state index in [0.29, 0.717) is 5.69 Å². The third-order valence-electron chi connectivity index (χ3n) is 14.3. The lowest BCUT2D eigenvalue weighted by atomic mass is 9.84. The van der Waals surface area contributed by atoms with Crippen LogP contribution in [0.5, 0.6) is 0 Å². The fourth-order valence-electron chi connectivity index (χ4n) is 11.3. The Hall–Kier alpha value is -9.03. The van der Waals surface area contributed by atoms with E-state index in [1.54, 1.807) is 0 Å². The van der Waals surface area contributed by atoms with Gasteiger partial charge in [0.1, 0.15) is 0 Å². The molecule has 0 spiro atoms. The van der Waals surface area contributed by atoms with Gasteiger partial charge in [-0.15, -0.1) is 0 Å². The molecule has 0 amide bonds. The van der Waals surface area contributed by atoms with E-state index in [1.165, 1.54) is 109 Å². The standard InChI is InChI=1S/C65H38N2/c1-66-47-32-29-41-25-28-44(35-46(41)36-47)40-23-26-43(27-24-40)63-53-19-9-11-21-55(53)64(56-22-12-10-20-54(56)63)45-30-33-52-57(37-45)50-17-7-8-18-51(50)58-38-60-62(39-59(52)58)67(48-14-3-2-4-15-48)61-34-31-42-13-5-6-16-49(42)65(60)61/h2-39H. The molecule has 13 aromatic carbocycles. The predicted octanol–water partition coefficient (Wildman–Crippen LogP) is 18.4. The van der Waals surface area contributed by atoms with Gasteiger partial charge in [-0.2, -0.15) is 0 Å². The molecular formula is C65H38N2. The van der Waals surface area contributed by atoms with Crippen LogP contribution in [-0.2, 0) is 0 Å². The van der Waals surface area contributed by atoms with Crippen molar-refractivity contribution in [3.05, 3.63) is 242 Å². The molecule has 0 atom stereocenters. The van der Waals surface area contributed by atoms with E-state index in [1.807, 2.05) is 18.2 Å². The Bertz CT molecular complexity index is 4380. The summed E-state index contributed by atoms with van der Waals surface area (Å²) in [5.74, 6) is 0. The van der Waals surface area contributed by atoms with Crippen molar-refractivity contribution in [2.75, 3.05) is 0 Å². The van der Waals surface area contributed by atoms with Crippen LogP contribution in [0, 0.1) is 6.57 Å². The van der Waals surface area contributed by atoms with Crippen LogP contribution < -0.4 is 0 Å². The smallest absolute Gasteiger partial charge is 0.187 e. The fraction of sp³-hybridized carbons (Fsp3) is 0. The number of fused-ring (bicyclic) bond motifs is 14. The topological polar surface area (TPSA) is 9.29 Å². The lowest BCUT2D eigenvalue weighted by molar-refractivity contribution is 1.18. The Morgan fingerprint density at radius 2 is 0.806 bits per heavy atom. The van der Waals surface area contributed by atoms with Crippen molar-refractivity contribution < 1.29 is 0 Å². The highest BCUT2D eigenvalue weighted by molar-refractivity contribution is 6.31. The average molecular weight is 847 g/mol. The second-order valence-electron chi connectivity index (χ2n) is 17.8. The molecule has 2 heteroatoms. The van der Waals surface area contributed by atoms with Gasteiger partial charge in [0.05, 0.1) is 17.6 Å². The molecule has 0 aliphatic carbocycles. The number of rotatable bonds is 4. The Morgan fingerprint density at radius 1 is 0.284 bits per heavy atom. The van der Waals surface area contributed by atoms with Gasteiger partial charge in [0.15, 0.2) is 5.69 Å². The molecule has 14 rings (SSSR count). The first kappa shape index (κ1) is 37.4. The Morgan fingerprint density at radius 3 is 1.51 bits per heavy atom. The molecule has 0 saturated carbocycles. The Kier molecular flexibility index (Phi) is 8.08. The van der Waals surface area contributed by atoms with Crippen LogP contribution in [-0.4, -0.2) is 4.57 Å². The van der Waals surface area contributed by atoms with Gasteiger partial charge < -0.3 is 4.57 Å². The van der Waals surface area contributed by atoms with Gasteiger partial charge in [-0.1, -0.05) is 182 Å². The molecule has 308 valence electrons. The Balaban J connectivity index is 0.985. The molecule has 0 aliphatic heterocycles. The molecule has 0 fully saturated rings. The molecule has 0 unspecified atom stereocenters. The van der Waals surface area contributed by atoms with Crippen molar-refractivity contribution in [3.63, 3.8) is 0 Å². The van der Waals surface area contributed by atoms with E-state index < -0.39 is 0 Å². The first-order valence-corrected chi connectivity index (χ1v) is 22.9. The molecule has 0 bridgehead atoms. The van der Waals surface area contributed by atoms with Gasteiger partial charge in [-0.3, -0.25) is 0 Å². The molecule has 2 nitrogen and oxygen atoms in total. The molecule has 67 heavy (non-hydrogen) atoms. The number of benzene rings is 13. The summed E-state index contributed by atoms with van der Waals surface area (Å²) < 4.78 is 2.45. The monoisotopic (exact) mass is 846 g/mol. The van der Waals surface area contributed by atoms with E-state index in [0.717, 1.165) is 27.6 Å². The van der Waals surface area contributed by atoms with E-state index in [4.69, 9.17) is 6.57 Å². The first-order valence-electron chi connectivity index (χ1n) is 22.9. The summed E-state index contributed by atoms with van der Waals surface area (Å²) in [5.41, 5.74) is 11.4. The molecule has 1 heterocycles. The summed E-state index contributed by atoms with van der Waals surface area (Å²) in [7, 11) is 0. The van der Waals surface area contributed by atoms with Crippen molar-refractivity contribution in [2.24, 2.45) is 0 Å². The highest BCUT2D eigenvalue weighted by Crippen LogP contribution is 2.47. The quantitative estimate of drug-likeness (QED) is 0.0948. The van der Waals surface area contributed by atoms with E-state index in [9.17, 15) is 0 Å². The van der Waals surface area contributed by atoms with Crippen LogP contribution in [0.3, 0.4) is 0 Å². The number of hydrogen-bond acceptors (Lipinski definition) is 0. The largest absolute Gasteiger partial charge is 0.309 e. The molecule has 14 aromatic rings. The van der Waals surface area contributed by atoms with Crippen LogP contribution in [0.25, 0.3) is 141 Å². The maximum atomic E-state index is 7.51. The third kappa shape index (κ3) is 5.62. The number of hydrogen-bond donors (Lipinski definition) is 0. The summed E-state index contributed by atoms with van der Waals surface area (Å²) in [6.07, 6.45) is 0. The highest BCUT2D eigenvalue weighted by Gasteiger charge is 2.21. The highest BCUT2D eigenvalue weighted by atomic mass is 15.0. The third-order valence-corrected chi connectivity index (χ3v) is 14.3. The summed E-state index contributed by atoms with van der Waals surface area (Å²) in [6, 6.07) is 84.6. The van der Waals surface area contributed by atoms with Gasteiger partial charge in [0.25, 0.3) is 0 Å². The SMILES string of the molecule is [C-]#[N+]c1ccc2ccc(-c3ccc(-c4c5ccccc5c(-c5ccc6c(c5)c5ccccc5c5cc7c8c9ccccc9ccc8n(-c8ccccc8)c7cc65)c5ccccc45)cc3)cc2c1. The molecule has 0 saturated heterocycles. The van der Waals surface area contributed by atoms with Crippen LogP contribution >= 0.6 is 0 Å². The summed E-state index contributed by atoms with van der Waals surface area (Å²) >= 11 is 0. The minimum Gasteiger partial charge on any atom is -0.309 e. The lowest BCUT2D eigenvalue weighted by Crippen LogP contribution is -1.93. The lowest BCUT2D eigenvalue weighted by Gasteiger charge is -2.19. The van der Waals surface area contributed by atoms with E-state index in [-0.39, 0.29) is 0 Å². The van der Waals surface area contributed by atoms with Gasteiger partial charge in [0.2, 0.25) is 0 Å². The van der Waals surface area contributed by atoms with Gasteiger partial charge in [0, 0.05) is 16.5 Å². The maximum absolute atomic E-state index is 7.51. The van der Waals surface area contributed by atoms with Crippen molar-refractivity contribution in [1.29, 1.82) is 0 Å². The number of aromatic nitrogens is 1. The van der Waals surface area contributed by atoms with Crippen LogP contribution in [0.1, 0.15) is 0 Å². The van der Waals surface area contributed by atoms with Crippen molar-refractivity contribution in [2.45, 2.75) is 0 Å². The molecule has 0 radical (unpaired) electrons. The van der Waals surface area contributed by atoms with Crippen molar-refractivity contribution in [1.82, 2.24) is 4.57 Å². The molecule has 1 aromatic heterocycles. The van der Waals surface area contributed by atoms with Crippen LogP contribution in [0.15, 0.2) is 231 Å². The second-order valence-corrected chi connectivity index (χ2v) is 17.8. The molecule has 0 N–H and O–H groups in total. The zero-order chi connectivity index (χ0) is 44.2. The number of nitrogens with zero attached hydrogens (tertiary/aromatic N) is 2. The van der Waals surface area contributed by atoms with Crippen LogP contribution in [0.2, 0.25) is 0 Å². The van der Waals surface area contributed by atoms with Crippen LogP contribution in [0.4, 0.5) is 5.69 Å². The molecular weight excluding hydrogens is 809 g/mol. The predicted molar refractivity (Wildman–Crippen MR) is 286 cm³/mol. The molecule has 0 aliphatic rings. The number of para-hydroxylation sites is 1. The fourth-order valence-corrected chi connectivity index (χ4v) is 11.3. The van der Waals surface area contributed by atoms with Crippen molar-refractivity contribution in [3.8, 4) is 39.1 Å². The van der Waals surface area contributed by atoms with Crippen molar-refractivity contribution >= 4 is 103 Å². The second kappa shape index (κ2) is 14.5.